The molecule has 1 saturated heterocycles. The molecule has 1 fully saturated rings. The van der Waals surface area contributed by atoms with Crippen LogP contribution in [0.3, 0.4) is 0 Å². The van der Waals surface area contributed by atoms with Crippen LogP contribution in [-0.4, -0.2) is 39.6 Å². The van der Waals surface area contributed by atoms with E-state index in [1.165, 1.54) is 0 Å². The van der Waals surface area contributed by atoms with Crippen molar-refractivity contribution in [3.63, 3.8) is 0 Å². The number of amides is 1. The molecule has 146 valence electrons. The second kappa shape index (κ2) is 10.4. The molecule has 2 unspecified atom stereocenters. The van der Waals surface area contributed by atoms with Crippen LogP contribution in [0.4, 0.5) is 0 Å². The Balaban J connectivity index is 0.00000169. The molecule has 1 aliphatic heterocycles. The maximum Gasteiger partial charge on any atom is 0.222 e. The highest BCUT2D eigenvalue weighted by atomic mass is 35.5. The Bertz CT molecular complexity index is 716. The van der Waals surface area contributed by atoms with E-state index in [9.17, 15) is 4.79 Å². The van der Waals surface area contributed by atoms with Gasteiger partial charge < -0.3 is 15.2 Å². The summed E-state index contributed by atoms with van der Waals surface area (Å²) in [5.41, 5.74) is 2.10. The minimum Gasteiger partial charge on any atom is -0.346 e. The van der Waals surface area contributed by atoms with E-state index in [1.54, 1.807) is 0 Å². The summed E-state index contributed by atoms with van der Waals surface area (Å²) in [5, 5.41) is 6.54. The number of carbonyl (C=O) groups excluding carboxylic acids is 1. The van der Waals surface area contributed by atoms with Crippen LogP contribution in [-0.2, 0) is 4.79 Å². The van der Waals surface area contributed by atoms with Gasteiger partial charge >= 0.3 is 0 Å². The van der Waals surface area contributed by atoms with E-state index in [0.717, 1.165) is 34.9 Å². The molecule has 0 saturated carbocycles. The van der Waals surface area contributed by atoms with Gasteiger partial charge in [-0.1, -0.05) is 12.1 Å². The molecule has 0 spiro atoms. The standard InChI is InChI=1S/C18H26N4OS.2ClH/c1-12(2)22-16-7-5-4-6-15(16)21-18(22)13(3)20-17(23)10-14-11-24-9-8-19-14;;/h4-7,12-14,19H,8-11H2,1-3H3,(H,20,23);2*1H. The first-order chi connectivity index (χ1) is 11.6. The summed E-state index contributed by atoms with van der Waals surface area (Å²) in [4.78, 5) is 17.2. The highest BCUT2D eigenvalue weighted by molar-refractivity contribution is 7.99. The van der Waals surface area contributed by atoms with Gasteiger partial charge in [-0.3, -0.25) is 4.79 Å². The molecule has 0 radical (unpaired) electrons. The Morgan fingerprint density at radius 3 is 2.73 bits per heavy atom. The van der Waals surface area contributed by atoms with Gasteiger partial charge in [0.15, 0.2) is 0 Å². The van der Waals surface area contributed by atoms with E-state index in [-0.39, 0.29) is 42.8 Å². The van der Waals surface area contributed by atoms with E-state index in [2.05, 4.69) is 35.1 Å². The Kier molecular flexibility index (Phi) is 9.24. The molecule has 2 aromatic rings. The lowest BCUT2D eigenvalue weighted by Gasteiger charge is -2.24. The number of halogens is 2. The number of thioether (sulfide) groups is 1. The van der Waals surface area contributed by atoms with E-state index < -0.39 is 0 Å². The molecule has 1 aromatic carbocycles. The number of nitrogens with one attached hydrogen (secondary N) is 2. The lowest BCUT2D eigenvalue weighted by molar-refractivity contribution is -0.122. The molecule has 0 aliphatic carbocycles. The number of carbonyl (C=O) groups is 1. The first kappa shape index (κ1) is 23.1. The van der Waals surface area contributed by atoms with Crippen molar-refractivity contribution >= 4 is 53.5 Å². The zero-order valence-electron chi connectivity index (χ0n) is 15.4. The zero-order valence-corrected chi connectivity index (χ0v) is 17.8. The Morgan fingerprint density at radius 1 is 1.35 bits per heavy atom. The topological polar surface area (TPSA) is 59.0 Å². The fraction of sp³-hybridized carbons (Fsp3) is 0.556. The average Bonchev–Trinajstić information content (AvgIpc) is 2.95. The minimum absolute atomic E-state index is 0. The summed E-state index contributed by atoms with van der Waals surface area (Å²) in [5.74, 6) is 3.15. The summed E-state index contributed by atoms with van der Waals surface area (Å²) < 4.78 is 2.22. The molecule has 3 rings (SSSR count). The number of aromatic nitrogens is 2. The lowest BCUT2D eigenvalue weighted by Crippen LogP contribution is -2.42. The summed E-state index contributed by atoms with van der Waals surface area (Å²) in [6.45, 7) is 7.30. The van der Waals surface area contributed by atoms with Crippen LogP contribution in [0.15, 0.2) is 24.3 Å². The number of hydrogen-bond donors (Lipinski definition) is 2. The van der Waals surface area contributed by atoms with Gasteiger partial charge in [0, 0.05) is 36.6 Å². The molecule has 2 atom stereocenters. The second-order valence-corrected chi connectivity index (χ2v) is 7.79. The van der Waals surface area contributed by atoms with E-state index in [4.69, 9.17) is 4.98 Å². The number of para-hydroxylation sites is 2. The molecule has 5 nitrogen and oxygen atoms in total. The number of fused-ring (bicyclic) bond motifs is 1. The van der Waals surface area contributed by atoms with Crippen LogP contribution >= 0.6 is 36.6 Å². The minimum atomic E-state index is -0.108. The third kappa shape index (κ3) is 5.28. The zero-order chi connectivity index (χ0) is 17.1. The van der Waals surface area contributed by atoms with Crippen LogP contribution in [0.1, 0.15) is 45.1 Å². The fourth-order valence-electron chi connectivity index (χ4n) is 3.25. The van der Waals surface area contributed by atoms with Gasteiger partial charge in [0.1, 0.15) is 5.82 Å². The number of benzene rings is 1. The number of hydrogen-bond acceptors (Lipinski definition) is 4. The number of rotatable bonds is 5. The molecule has 1 aromatic heterocycles. The van der Waals surface area contributed by atoms with Gasteiger partial charge in [0.25, 0.3) is 0 Å². The molecule has 26 heavy (non-hydrogen) atoms. The SMILES string of the molecule is CC(NC(=O)CC1CSCCN1)c1nc2ccccc2n1C(C)C.Cl.Cl. The molecular formula is C18H28Cl2N4OS. The van der Waals surface area contributed by atoms with Gasteiger partial charge in [-0.2, -0.15) is 11.8 Å². The molecule has 1 aliphatic rings. The van der Waals surface area contributed by atoms with Crippen LogP contribution in [0.25, 0.3) is 11.0 Å². The highest BCUT2D eigenvalue weighted by Gasteiger charge is 2.22. The van der Waals surface area contributed by atoms with Gasteiger partial charge in [0.05, 0.1) is 17.1 Å². The van der Waals surface area contributed by atoms with Crippen LogP contribution < -0.4 is 10.6 Å². The number of imidazole rings is 1. The number of nitrogens with zero attached hydrogens (tertiary/aromatic N) is 2. The van der Waals surface area contributed by atoms with Crippen LogP contribution in [0.5, 0.6) is 0 Å². The summed E-state index contributed by atoms with van der Waals surface area (Å²) in [6.07, 6.45) is 0.527. The maximum atomic E-state index is 12.4. The summed E-state index contributed by atoms with van der Waals surface area (Å²) >= 11 is 1.91. The monoisotopic (exact) mass is 418 g/mol. The van der Waals surface area contributed by atoms with E-state index >= 15 is 0 Å². The lowest BCUT2D eigenvalue weighted by atomic mass is 10.2. The van der Waals surface area contributed by atoms with Crippen molar-refractivity contribution in [3.8, 4) is 0 Å². The van der Waals surface area contributed by atoms with Crippen molar-refractivity contribution in [2.24, 2.45) is 0 Å². The van der Waals surface area contributed by atoms with Crippen molar-refractivity contribution in [2.75, 3.05) is 18.1 Å². The van der Waals surface area contributed by atoms with E-state index in [1.807, 2.05) is 36.9 Å². The van der Waals surface area contributed by atoms with Gasteiger partial charge in [-0.05, 0) is 32.9 Å². The van der Waals surface area contributed by atoms with Crippen molar-refractivity contribution in [3.05, 3.63) is 30.1 Å². The third-order valence-corrected chi connectivity index (χ3v) is 5.47. The molecule has 8 heteroatoms. The van der Waals surface area contributed by atoms with Crippen LogP contribution in [0.2, 0.25) is 0 Å². The predicted octanol–water partition coefficient (Wildman–Crippen LogP) is 3.73. The van der Waals surface area contributed by atoms with Crippen molar-refractivity contribution in [1.82, 2.24) is 20.2 Å². The Hall–Kier alpha value is -0.950. The van der Waals surface area contributed by atoms with Gasteiger partial charge in [0.2, 0.25) is 5.91 Å². The fourth-order valence-corrected chi connectivity index (χ4v) is 4.20. The Morgan fingerprint density at radius 2 is 2.08 bits per heavy atom. The largest absolute Gasteiger partial charge is 0.346 e. The van der Waals surface area contributed by atoms with Gasteiger partial charge in [-0.25, -0.2) is 4.98 Å². The van der Waals surface area contributed by atoms with Crippen molar-refractivity contribution in [2.45, 2.75) is 45.3 Å². The third-order valence-electron chi connectivity index (χ3n) is 4.33. The smallest absolute Gasteiger partial charge is 0.222 e. The normalized spacial score (nSPS) is 18.1. The maximum absolute atomic E-state index is 12.4. The predicted molar refractivity (Wildman–Crippen MR) is 115 cm³/mol. The first-order valence-electron chi connectivity index (χ1n) is 8.63. The van der Waals surface area contributed by atoms with Gasteiger partial charge in [-0.15, -0.1) is 24.8 Å². The molecular weight excluding hydrogens is 391 g/mol. The first-order valence-corrected chi connectivity index (χ1v) is 9.79. The van der Waals surface area contributed by atoms with Crippen molar-refractivity contribution < 1.29 is 4.79 Å². The summed E-state index contributed by atoms with van der Waals surface area (Å²) in [7, 11) is 0. The van der Waals surface area contributed by atoms with Crippen LogP contribution in [0, 0.1) is 0 Å². The summed E-state index contributed by atoms with van der Waals surface area (Å²) in [6, 6.07) is 8.60. The van der Waals surface area contributed by atoms with Crippen molar-refractivity contribution in [1.29, 1.82) is 0 Å². The molecule has 1 amide bonds. The molecule has 2 heterocycles. The Labute approximate surface area is 171 Å². The van der Waals surface area contributed by atoms with E-state index in [0.29, 0.717) is 12.5 Å². The quantitative estimate of drug-likeness (QED) is 0.776. The second-order valence-electron chi connectivity index (χ2n) is 6.64. The average molecular weight is 419 g/mol. The molecule has 0 bridgehead atoms. The highest BCUT2D eigenvalue weighted by Crippen LogP contribution is 2.25. The molecule has 2 N–H and O–H groups in total.